The molecule has 58 valence electrons. The van der Waals surface area contributed by atoms with Crippen LogP contribution in [0.15, 0.2) is 0 Å². The van der Waals surface area contributed by atoms with Crippen molar-refractivity contribution in [1.29, 1.82) is 0 Å². The van der Waals surface area contributed by atoms with E-state index in [4.69, 9.17) is 11.5 Å². The van der Waals surface area contributed by atoms with Crippen molar-refractivity contribution in [2.45, 2.75) is 19.3 Å². The molecule has 0 aliphatic heterocycles. The summed E-state index contributed by atoms with van der Waals surface area (Å²) in [7, 11) is 0. The molecular weight excluding hydrogens is 128 g/mol. The van der Waals surface area contributed by atoms with Crippen LogP contribution in [-0.2, 0) is 4.79 Å². The van der Waals surface area contributed by atoms with Crippen molar-refractivity contribution in [3.05, 3.63) is 0 Å². The van der Waals surface area contributed by atoms with Crippen LogP contribution in [0.25, 0.3) is 0 Å². The summed E-state index contributed by atoms with van der Waals surface area (Å²) in [6.07, 6.45) is 3.49. The van der Waals surface area contributed by atoms with Crippen LogP contribution in [0.5, 0.6) is 0 Å². The first-order valence-electron chi connectivity index (χ1n) is 3.75. The van der Waals surface area contributed by atoms with E-state index in [0.29, 0.717) is 12.5 Å². The summed E-state index contributed by atoms with van der Waals surface area (Å²) in [5.41, 5.74) is 10.5. The Labute approximate surface area is 60.8 Å². The van der Waals surface area contributed by atoms with Gasteiger partial charge in [-0.3, -0.25) is 4.79 Å². The molecule has 1 rings (SSSR count). The van der Waals surface area contributed by atoms with Gasteiger partial charge in [-0.25, -0.2) is 0 Å². The van der Waals surface area contributed by atoms with Crippen LogP contribution in [0.1, 0.15) is 19.3 Å². The lowest BCUT2D eigenvalue weighted by atomic mass is 9.75. The second-order valence-corrected chi connectivity index (χ2v) is 2.94. The minimum absolute atomic E-state index is 0.0613. The molecule has 1 fully saturated rings. The van der Waals surface area contributed by atoms with Crippen molar-refractivity contribution >= 4 is 5.91 Å². The van der Waals surface area contributed by atoms with Gasteiger partial charge < -0.3 is 11.5 Å². The average Bonchev–Trinajstić information content (AvgIpc) is 1.76. The van der Waals surface area contributed by atoms with E-state index < -0.39 is 0 Å². The minimum atomic E-state index is -0.229. The molecule has 1 amide bonds. The second-order valence-electron chi connectivity index (χ2n) is 2.94. The molecule has 1 atom stereocenters. The maximum atomic E-state index is 10.7. The summed E-state index contributed by atoms with van der Waals surface area (Å²) >= 11 is 0. The smallest absolute Gasteiger partial charge is 0.222 e. The first kappa shape index (κ1) is 7.54. The predicted molar refractivity (Wildman–Crippen MR) is 39.1 cm³/mol. The Bertz CT molecular complexity index is 132. The van der Waals surface area contributed by atoms with E-state index in [2.05, 4.69) is 0 Å². The number of rotatable bonds is 3. The van der Waals surface area contributed by atoms with Gasteiger partial charge in [-0.05, 0) is 18.8 Å². The summed E-state index contributed by atoms with van der Waals surface area (Å²) in [5, 5.41) is 0. The third kappa shape index (κ3) is 1.29. The molecule has 1 unspecified atom stereocenters. The molecule has 10 heavy (non-hydrogen) atoms. The fraction of sp³-hybridized carbons (Fsp3) is 0.857. The summed E-state index contributed by atoms with van der Waals surface area (Å²) in [5.74, 6) is 0.198. The molecule has 0 aromatic heterocycles. The van der Waals surface area contributed by atoms with Crippen LogP contribution in [0.4, 0.5) is 0 Å². The van der Waals surface area contributed by atoms with E-state index in [1.165, 1.54) is 6.42 Å². The number of primary amides is 1. The fourth-order valence-corrected chi connectivity index (χ4v) is 1.38. The number of hydrogen-bond donors (Lipinski definition) is 2. The molecule has 1 aliphatic carbocycles. The Morgan fingerprint density at radius 3 is 2.30 bits per heavy atom. The lowest BCUT2D eigenvalue weighted by Crippen LogP contribution is -2.38. The molecule has 3 heteroatoms. The Morgan fingerprint density at radius 1 is 1.60 bits per heavy atom. The van der Waals surface area contributed by atoms with E-state index in [1.54, 1.807) is 0 Å². The molecule has 1 aliphatic rings. The number of carbonyl (C=O) groups excluding carboxylic acids is 1. The predicted octanol–water partition coefficient (Wildman–Crippen LogP) is -0.153. The molecule has 0 aromatic rings. The summed E-state index contributed by atoms with van der Waals surface area (Å²) in [6, 6.07) is 0. The van der Waals surface area contributed by atoms with Crippen molar-refractivity contribution < 1.29 is 4.79 Å². The molecule has 3 nitrogen and oxygen atoms in total. The molecule has 0 radical (unpaired) electrons. The van der Waals surface area contributed by atoms with Crippen molar-refractivity contribution in [2.24, 2.45) is 23.3 Å². The van der Waals surface area contributed by atoms with Gasteiger partial charge in [0, 0.05) is 6.54 Å². The standard InChI is InChI=1S/C7H14N2O/c8-4-6(7(9)10)5-2-1-3-5/h5-6H,1-4,8H2,(H2,9,10). The molecular formula is C7H14N2O. The van der Waals surface area contributed by atoms with Gasteiger partial charge in [-0.2, -0.15) is 0 Å². The quantitative estimate of drug-likeness (QED) is 0.575. The Balaban J connectivity index is 2.39. The van der Waals surface area contributed by atoms with Gasteiger partial charge in [0.05, 0.1) is 5.92 Å². The second kappa shape index (κ2) is 3.01. The molecule has 4 N–H and O–H groups in total. The van der Waals surface area contributed by atoms with E-state index >= 15 is 0 Å². The SMILES string of the molecule is NCC(C(N)=O)C1CCC1. The molecule has 0 bridgehead atoms. The first-order chi connectivity index (χ1) is 4.75. The highest BCUT2D eigenvalue weighted by Crippen LogP contribution is 2.32. The number of hydrogen-bond acceptors (Lipinski definition) is 2. The maximum absolute atomic E-state index is 10.7. The normalized spacial score (nSPS) is 21.7. The highest BCUT2D eigenvalue weighted by atomic mass is 16.1. The highest BCUT2D eigenvalue weighted by molar-refractivity contribution is 5.77. The van der Waals surface area contributed by atoms with Crippen LogP contribution >= 0.6 is 0 Å². The van der Waals surface area contributed by atoms with E-state index in [9.17, 15) is 4.79 Å². The number of amides is 1. The van der Waals surface area contributed by atoms with Crippen molar-refractivity contribution in [1.82, 2.24) is 0 Å². The number of nitrogens with two attached hydrogens (primary N) is 2. The van der Waals surface area contributed by atoms with Gasteiger partial charge in [0.1, 0.15) is 0 Å². The zero-order valence-corrected chi connectivity index (χ0v) is 6.05. The lowest BCUT2D eigenvalue weighted by molar-refractivity contribution is -0.124. The van der Waals surface area contributed by atoms with Crippen molar-refractivity contribution in [3.8, 4) is 0 Å². The van der Waals surface area contributed by atoms with Gasteiger partial charge in [0.2, 0.25) is 5.91 Å². The number of carbonyl (C=O) groups is 1. The molecule has 0 saturated heterocycles. The monoisotopic (exact) mass is 142 g/mol. The Kier molecular flexibility index (Phi) is 2.27. The van der Waals surface area contributed by atoms with Gasteiger partial charge in [0.25, 0.3) is 0 Å². The molecule has 0 spiro atoms. The average molecular weight is 142 g/mol. The van der Waals surface area contributed by atoms with E-state index in [1.807, 2.05) is 0 Å². The molecule has 0 heterocycles. The van der Waals surface area contributed by atoms with Crippen LogP contribution < -0.4 is 11.5 Å². The van der Waals surface area contributed by atoms with Crippen LogP contribution in [0.2, 0.25) is 0 Å². The van der Waals surface area contributed by atoms with Crippen molar-refractivity contribution in [2.75, 3.05) is 6.54 Å². The lowest BCUT2D eigenvalue weighted by Gasteiger charge is -2.30. The molecule has 0 aromatic carbocycles. The van der Waals surface area contributed by atoms with Crippen molar-refractivity contribution in [3.63, 3.8) is 0 Å². The first-order valence-corrected chi connectivity index (χ1v) is 3.75. The van der Waals surface area contributed by atoms with Gasteiger partial charge in [-0.15, -0.1) is 0 Å². The topological polar surface area (TPSA) is 69.1 Å². The minimum Gasteiger partial charge on any atom is -0.369 e. The van der Waals surface area contributed by atoms with Crippen LogP contribution in [-0.4, -0.2) is 12.5 Å². The largest absolute Gasteiger partial charge is 0.369 e. The Morgan fingerprint density at radius 2 is 2.20 bits per heavy atom. The summed E-state index contributed by atoms with van der Waals surface area (Å²) < 4.78 is 0. The van der Waals surface area contributed by atoms with Crippen LogP contribution in [0.3, 0.4) is 0 Å². The zero-order chi connectivity index (χ0) is 7.56. The van der Waals surface area contributed by atoms with Crippen LogP contribution in [0, 0.1) is 11.8 Å². The highest BCUT2D eigenvalue weighted by Gasteiger charge is 2.29. The van der Waals surface area contributed by atoms with E-state index in [0.717, 1.165) is 12.8 Å². The van der Waals surface area contributed by atoms with Gasteiger partial charge in [0.15, 0.2) is 0 Å². The third-order valence-electron chi connectivity index (χ3n) is 2.34. The van der Waals surface area contributed by atoms with E-state index in [-0.39, 0.29) is 11.8 Å². The third-order valence-corrected chi connectivity index (χ3v) is 2.34. The van der Waals surface area contributed by atoms with Gasteiger partial charge in [-0.1, -0.05) is 6.42 Å². The fourth-order valence-electron chi connectivity index (χ4n) is 1.38. The van der Waals surface area contributed by atoms with Gasteiger partial charge >= 0.3 is 0 Å². The Hall–Kier alpha value is -0.570. The zero-order valence-electron chi connectivity index (χ0n) is 6.05. The maximum Gasteiger partial charge on any atom is 0.222 e. The molecule has 1 saturated carbocycles. The summed E-state index contributed by atoms with van der Waals surface area (Å²) in [6.45, 7) is 0.417. The summed E-state index contributed by atoms with van der Waals surface area (Å²) in [4.78, 5) is 10.7.